The van der Waals surface area contributed by atoms with Gasteiger partial charge in [0, 0.05) is 0 Å². The summed E-state index contributed by atoms with van der Waals surface area (Å²) < 4.78 is 29.2. The minimum absolute atomic E-state index is 0.114. The quantitative estimate of drug-likeness (QED) is 0.607. The first kappa shape index (κ1) is 11.7. The molecule has 0 bridgehead atoms. The summed E-state index contributed by atoms with van der Waals surface area (Å²) in [5.41, 5.74) is 1.31. The van der Waals surface area contributed by atoms with Crippen molar-refractivity contribution in [3.63, 3.8) is 0 Å². The largest absolute Gasteiger partial charge is 0.286 e. The van der Waals surface area contributed by atoms with Crippen LogP contribution in [0.25, 0.3) is 0 Å². The molecule has 0 atom stereocenters. The Labute approximate surface area is 88.5 Å². The number of hydrogen-bond acceptors (Lipinski definition) is 3. The summed E-state index contributed by atoms with van der Waals surface area (Å²) in [6, 6.07) is 2.08. The number of rotatable bonds is 6. The van der Waals surface area contributed by atoms with Crippen molar-refractivity contribution in [1.82, 2.24) is 0 Å². The SMILES string of the molecule is O=S(=O)(O)CCCCCc1ccsc1. The molecule has 0 saturated heterocycles. The second-order valence-electron chi connectivity index (χ2n) is 3.23. The molecule has 0 aliphatic carbocycles. The molecule has 14 heavy (non-hydrogen) atoms. The number of aryl methyl sites for hydroxylation is 1. The summed E-state index contributed by atoms with van der Waals surface area (Å²) in [6.45, 7) is 0. The fourth-order valence-corrected chi connectivity index (χ4v) is 2.50. The molecule has 1 aromatic heterocycles. The van der Waals surface area contributed by atoms with Crippen LogP contribution in [-0.4, -0.2) is 18.7 Å². The van der Waals surface area contributed by atoms with Crippen LogP contribution in [0.15, 0.2) is 16.8 Å². The van der Waals surface area contributed by atoms with E-state index >= 15 is 0 Å². The summed E-state index contributed by atoms with van der Waals surface area (Å²) in [4.78, 5) is 0. The van der Waals surface area contributed by atoms with Gasteiger partial charge in [0.15, 0.2) is 0 Å². The van der Waals surface area contributed by atoms with Crippen molar-refractivity contribution in [2.75, 3.05) is 5.75 Å². The van der Waals surface area contributed by atoms with Crippen LogP contribution in [0.5, 0.6) is 0 Å². The Balaban J connectivity index is 2.06. The summed E-state index contributed by atoms with van der Waals surface area (Å²) >= 11 is 1.67. The van der Waals surface area contributed by atoms with E-state index in [-0.39, 0.29) is 5.75 Å². The van der Waals surface area contributed by atoms with Crippen LogP contribution in [0.3, 0.4) is 0 Å². The lowest BCUT2D eigenvalue weighted by molar-refractivity contribution is 0.479. The van der Waals surface area contributed by atoms with E-state index in [0.29, 0.717) is 6.42 Å². The molecule has 1 rings (SSSR count). The highest BCUT2D eigenvalue weighted by molar-refractivity contribution is 7.85. The highest BCUT2D eigenvalue weighted by Gasteiger charge is 2.03. The Morgan fingerprint density at radius 3 is 2.64 bits per heavy atom. The molecule has 0 aromatic carbocycles. The Morgan fingerprint density at radius 1 is 1.29 bits per heavy atom. The van der Waals surface area contributed by atoms with E-state index in [9.17, 15) is 8.42 Å². The molecule has 0 fully saturated rings. The molecule has 0 saturated carbocycles. The molecule has 0 spiro atoms. The van der Waals surface area contributed by atoms with E-state index in [0.717, 1.165) is 19.3 Å². The molecule has 0 aliphatic rings. The molecule has 1 aromatic rings. The van der Waals surface area contributed by atoms with E-state index in [4.69, 9.17) is 4.55 Å². The van der Waals surface area contributed by atoms with Gasteiger partial charge in [0.2, 0.25) is 0 Å². The lowest BCUT2D eigenvalue weighted by Gasteiger charge is -1.98. The first-order valence-corrected chi connectivity index (χ1v) is 7.09. The zero-order valence-electron chi connectivity index (χ0n) is 7.85. The molecule has 3 nitrogen and oxygen atoms in total. The number of thiophene rings is 1. The van der Waals surface area contributed by atoms with Gasteiger partial charge < -0.3 is 0 Å². The summed E-state index contributed by atoms with van der Waals surface area (Å²) in [5.74, 6) is -0.114. The van der Waals surface area contributed by atoms with Crippen molar-refractivity contribution in [2.24, 2.45) is 0 Å². The lowest BCUT2D eigenvalue weighted by atomic mass is 10.1. The fourth-order valence-electron chi connectivity index (χ4n) is 1.23. The number of hydrogen-bond donors (Lipinski definition) is 1. The predicted molar refractivity (Wildman–Crippen MR) is 58.3 cm³/mol. The minimum Gasteiger partial charge on any atom is -0.286 e. The van der Waals surface area contributed by atoms with Gasteiger partial charge in [-0.15, -0.1) is 0 Å². The third-order valence-corrected chi connectivity index (χ3v) is 3.48. The van der Waals surface area contributed by atoms with Crippen molar-refractivity contribution >= 4 is 21.5 Å². The third kappa shape index (κ3) is 5.36. The molecule has 1 N–H and O–H groups in total. The summed E-state index contributed by atoms with van der Waals surface area (Å²) in [7, 11) is -3.76. The van der Waals surface area contributed by atoms with E-state index < -0.39 is 10.1 Å². The molecule has 0 aliphatic heterocycles. The second-order valence-corrected chi connectivity index (χ2v) is 5.58. The first-order chi connectivity index (χ1) is 6.58. The van der Waals surface area contributed by atoms with E-state index in [1.54, 1.807) is 11.3 Å². The highest BCUT2D eigenvalue weighted by Crippen LogP contribution is 2.10. The van der Waals surface area contributed by atoms with Crippen LogP contribution in [0.2, 0.25) is 0 Å². The van der Waals surface area contributed by atoms with Crippen LogP contribution in [0.4, 0.5) is 0 Å². The van der Waals surface area contributed by atoms with Crippen LogP contribution in [-0.2, 0) is 16.5 Å². The van der Waals surface area contributed by atoms with E-state index in [2.05, 4.69) is 11.4 Å². The summed E-state index contributed by atoms with van der Waals surface area (Å²) in [6.07, 6.45) is 3.36. The lowest BCUT2D eigenvalue weighted by Crippen LogP contribution is -2.03. The Hall–Kier alpha value is -0.390. The minimum atomic E-state index is -3.76. The van der Waals surface area contributed by atoms with Crippen LogP contribution in [0.1, 0.15) is 24.8 Å². The van der Waals surface area contributed by atoms with E-state index in [1.165, 1.54) is 5.56 Å². The van der Waals surface area contributed by atoms with Gasteiger partial charge in [-0.1, -0.05) is 6.42 Å². The van der Waals surface area contributed by atoms with Gasteiger partial charge in [-0.3, -0.25) is 4.55 Å². The molecule has 1 heterocycles. The van der Waals surface area contributed by atoms with E-state index in [1.807, 2.05) is 5.38 Å². The molecule has 0 radical (unpaired) electrons. The Kier molecular flexibility index (Phi) is 4.57. The monoisotopic (exact) mass is 234 g/mol. The van der Waals surface area contributed by atoms with Gasteiger partial charge in [0.05, 0.1) is 5.75 Å². The molecule has 0 unspecified atom stereocenters. The first-order valence-electron chi connectivity index (χ1n) is 4.54. The van der Waals surface area contributed by atoms with Gasteiger partial charge in [0.1, 0.15) is 0 Å². The average Bonchev–Trinajstić information content (AvgIpc) is 2.54. The maximum Gasteiger partial charge on any atom is 0.264 e. The van der Waals surface area contributed by atoms with Crippen LogP contribution in [0, 0.1) is 0 Å². The third-order valence-electron chi connectivity index (χ3n) is 1.95. The zero-order chi connectivity index (χ0) is 10.4. The van der Waals surface area contributed by atoms with Crippen molar-refractivity contribution in [2.45, 2.75) is 25.7 Å². The Bertz CT molecular complexity index is 340. The normalized spacial score (nSPS) is 11.8. The van der Waals surface area contributed by atoms with Crippen molar-refractivity contribution in [3.05, 3.63) is 22.4 Å². The number of unbranched alkanes of at least 4 members (excludes halogenated alkanes) is 2. The van der Waals surface area contributed by atoms with Crippen LogP contribution < -0.4 is 0 Å². The topological polar surface area (TPSA) is 54.4 Å². The van der Waals surface area contributed by atoms with Gasteiger partial charge >= 0.3 is 0 Å². The highest BCUT2D eigenvalue weighted by atomic mass is 32.2. The van der Waals surface area contributed by atoms with Crippen molar-refractivity contribution < 1.29 is 13.0 Å². The molecule has 5 heteroatoms. The fraction of sp³-hybridized carbons (Fsp3) is 0.556. The zero-order valence-corrected chi connectivity index (χ0v) is 9.48. The maximum absolute atomic E-state index is 10.4. The molecular formula is C9H14O3S2. The van der Waals surface area contributed by atoms with Gasteiger partial charge in [-0.2, -0.15) is 19.8 Å². The van der Waals surface area contributed by atoms with Gasteiger partial charge in [0.25, 0.3) is 10.1 Å². The standard InChI is InChI=1S/C9H14O3S2/c10-14(11,12)7-3-1-2-4-9-5-6-13-8-9/h5-6,8H,1-4,7H2,(H,10,11,12). The molecular weight excluding hydrogens is 220 g/mol. The van der Waals surface area contributed by atoms with Crippen molar-refractivity contribution in [1.29, 1.82) is 0 Å². The summed E-state index contributed by atoms with van der Waals surface area (Å²) in [5, 5.41) is 4.14. The van der Waals surface area contributed by atoms with Gasteiger partial charge in [-0.25, -0.2) is 0 Å². The molecule has 0 amide bonds. The Morgan fingerprint density at radius 2 is 2.07 bits per heavy atom. The van der Waals surface area contributed by atoms with Crippen LogP contribution >= 0.6 is 11.3 Å². The second kappa shape index (κ2) is 5.48. The smallest absolute Gasteiger partial charge is 0.264 e. The van der Waals surface area contributed by atoms with Crippen molar-refractivity contribution in [3.8, 4) is 0 Å². The maximum atomic E-state index is 10.4. The molecule has 80 valence electrons. The predicted octanol–water partition coefficient (Wildman–Crippen LogP) is 2.35. The average molecular weight is 234 g/mol. The van der Waals surface area contributed by atoms with Gasteiger partial charge in [-0.05, 0) is 41.7 Å².